The normalized spacial score (nSPS) is 26.0. The summed E-state index contributed by atoms with van der Waals surface area (Å²) in [6.45, 7) is 0.138. The number of amides is 3. The molecule has 0 unspecified atom stereocenters. The highest BCUT2D eigenvalue weighted by Gasteiger charge is 2.49. The maximum atomic E-state index is 12.3. The van der Waals surface area contributed by atoms with E-state index >= 15 is 0 Å². The number of carbonyl (C=O) groups excluding carboxylic acids is 3. The molecule has 0 spiro atoms. The zero-order valence-corrected chi connectivity index (χ0v) is 13.1. The zero-order valence-electron chi connectivity index (χ0n) is 12.3. The highest BCUT2D eigenvalue weighted by Crippen LogP contribution is 2.37. The second-order valence-electron chi connectivity index (χ2n) is 5.45. The first kappa shape index (κ1) is 15.7. The quantitative estimate of drug-likeness (QED) is 0.831. The lowest BCUT2D eigenvalue weighted by molar-refractivity contribution is -0.136. The van der Waals surface area contributed by atoms with Gasteiger partial charge in [-0.3, -0.25) is 9.59 Å². The highest BCUT2D eigenvalue weighted by molar-refractivity contribution is 8.00. The minimum atomic E-state index is -0.669. The molecule has 1 aromatic carbocycles. The van der Waals surface area contributed by atoms with Crippen molar-refractivity contribution in [3.05, 3.63) is 35.9 Å². The fourth-order valence-corrected chi connectivity index (χ4v) is 4.24. The number of fused-ring (bicyclic) bond motifs is 1. The number of benzene rings is 1. The molecule has 7 nitrogen and oxygen atoms in total. The van der Waals surface area contributed by atoms with Crippen LogP contribution in [0.25, 0.3) is 0 Å². The van der Waals surface area contributed by atoms with E-state index in [1.807, 2.05) is 30.3 Å². The van der Waals surface area contributed by atoms with Gasteiger partial charge in [-0.2, -0.15) is 0 Å². The summed E-state index contributed by atoms with van der Waals surface area (Å²) in [6, 6.07) is 8.01. The van der Waals surface area contributed by atoms with Gasteiger partial charge in [-0.15, -0.1) is 11.8 Å². The smallest absolute Gasteiger partial charge is 0.408 e. The minimum Gasteiger partial charge on any atom is -0.445 e. The molecule has 3 rings (SSSR count). The number of primary amides is 1. The van der Waals surface area contributed by atoms with Gasteiger partial charge in [-0.1, -0.05) is 30.3 Å². The van der Waals surface area contributed by atoms with Gasteiger partial charge in [0.2, 0.25) is 11.8 Å². The lowest BCUT2D eigenvalue weighted by Gasteiger charge is -2.20. The number of nitrogens with one attached hydrogen (secondary N) is 1. The Bertz CT molecular complexity index is 624. The third-order valence-electron chi connectivity index (χ3n) is 3.92. The molecule has 2 saturated heterocycles. The average Bonchev–Trinajstić information content (AvgIpc) is 3.08. The Hall–Kier alpha value is -2.22. The van der Waals surface area contributed by atoms with Crippen molar-refractivity contribution in [2.75, 3.05) is 5.75 Å². The first-order chi connectivity index (χ1) is 11.1. The van der Waals surface area contributed by atoms with E-state index in [0.29, 0.717) is 12.2 Å². The van der Waals surface area contributed by atoms with Gasteiger partial charge in [0.1, 0.15) is 18.7 Å². The summed E-state index contributed by atoms with van der Waals surface area (Å²) in [5, 5.41) is 2.46. The van der Waals surface area contributed by atoms with Gasteiger partial charge < -0.3 is 20.7 Å². The van der Waals surface area contributed by atoms with Gasteiger partial charge in [0.05, 0.1) is 5.37 Å². The molecule has 2 aliphatic rings. The van der Waals surface area contributed by atoms with E-state index in [0.717, 1.165) is 5.56 Å². The van der Waals surface area contributed by atoms with Crippen LogP contribution in [0.15, 0.2) is 30.3 Å². The van der Waals surface area contributed by atoms with E-state index < -0.39 is 24.1 Å². The Labute approximate surface area is 137 Å². The van der Waals surface area contributed by atoms with E-state index in [1.165, 1.54) is 16.7 Å². The highest BCUT2D eigenvalue weighted by atomic mass is 32.2. The Morgan fingerprint density at radius 3 is 2.78 bits per heavy atom. The largest absolute Gasteiger partial charge is 0.445 e. The van der Waals surface area contributed by atoms with Crippen LogP contribution in [0.1, 0.15) is 12.0 Å². The second-order valence-corrected chi connectivity index (χ2v) is 6.66. The van der Waals surface area contributed by atoms with Crippen molar-refractivity contribution in [2.45, 2.75) is 30.5 Å². The standard InChI is InChI=1S/C15H17N3O4S/c16-13(19)11-8-23-12-6-10(14(20)18(11)12)17-15(21)22-7-9-4-2-1-3-5-9/h1-5,10-12H,6-8H2,(H2,16,19)(H,17,21)/t10-,11-,12-/m1/s1. The summed E-state index contributed by atoms with van der Waals surface area (Å²) in [7, 11) is 0. The number of carbonyl (C=O) groups is 3. The van der Waals surface area contributed by atoms with Gasteiger partial charge in [-0.05, 0) is 5.56 Å². The average molecular weight is 335 g/mol. The van der Waals surface area contributed by atoms with Crippen LogP contribution in [0, 0.1) is 0 Å². The van der Waals surface area contributed by atoms with Gasteiger partial charge in [0, 0.05) is 12.2 Å². The topological polar surface area (TPSA) is 102 Å². The lowest BCUT2D eigenvalue weighted by Crippen LogP contribution is -2.48. The van der Waals surface area contributed by atoms with Crippen LogP contribution >= 0.6 is 11.8 Å². The van der Waals surface area contributed by atoms with Crippen molar-refractivity contribution in [2.24, 2.45) is 5.73 Å². The van der Waals surface area contributed by atoms with E-state index in [4.69, 9.17) is 10.5 Å². The second kappa shape index (κ2) is 6.49. The summed E-state index contributed by atoms with van der Waals surface area (Å²) in [5.41, 5.74) is 6.18. The maximum absolute atomic E-state index is 12.3. The number of ether oxygens (including phenoxy) is 1. The summed E-state index contributed by atoms with van der Waals surface area (Å²) in [5.74, 6) is -0.280. The number of rotatable bonds is 4. The lowest BCUT2D eigenvalue weighted by atomic mass is 10.2. The van der Waals surface area contributed by atoms with Crippen molar-refractivity contribution < 1.29 is 19.1 Å². The minimum absolute atomic E-state index is 0.112. The number of hydrogen-bond donors (Lipinski definition) is 2. The summed E-state index contributed by atoms with van der Waals surface area (Å²) >= 11 is 1.51. The predicted octanol–water partition coefficient (Wildman–Crippen LogP) is 0.440. The van der Waals surface area contributed by atoms with Crippen molar-refractivity contribution in [1.29, 1.82) is 0 Å². The molecule has 3 atom stereocenters. The fourth-order valence-electron chi connectivity index (χ4n) is 2.77. The Morgan fingerprint density at radius 1 is 1.35 bits per heavy atom. The SMILES string of the molecule is NC(=O)[C@H]1CS[C@@H]2C[C@@H](NC(=O)OCc3ccccc3)C(=O)N12. The van der Waals surface area contributed by atoms with Crippen LogP contribution in [0.4, 0.5) is 4.79 Å². The molecule has 1 aromatic rings. The number of alkyl carbamates (subject to hydrolysis) is 1. The molecular weight excluding hydrogens is 318 g/mol. The third-order valence-corrected chi connectivity index (χ3v) is 5.23. The number of nitrogens with zero attached hydrogens (tertiary/aromatic N) is 1. The van der Waals surface area contributed by atoms with E-state index in [-0.39, 0.29) is 17.9 Å². The first-order valence-corrected chi connectivity index (χ1v) is 8.31. The van der Waals surface area contributed by atoms with Crippen LogP contribution in [-0.2, 0) is 20.9 Å². The molecule has 3 N–H and O–H groups in total. The molecule has 0 bridgehead atoms. The van der Waals surface area contributed by atoms with Crippen molar-refractivity contribution in [3.63, 3.8) is 0 Å². The predicted molar refractivity (Wildman–Crippen MR) is 84.2 cm³/mol. The van der Waals surface area contributed by atoms with Gasteiger partial charge in [0.25, 0.3) is 0 Å². The molecule has 0 radical (unpaired) electrons. The maximum Gasteiger partial charge on any atom is 0.408 e. The number of hydrogen-bond acceptors (Lipinski definition) is 5. The van der Waals surface area contributed by atoms with E-state index in [1.54, 1.807) is 0 Å². The molecular formula is C15H17N3O4S. The molecule has 0 aromatic heterocycles. The monoisotopic (exact) mass is 335 g/mol. The van der Waals surface area contributed by atoms with Gasteiger partial charge in [-0.25, -0.2) is 4.79 Å². The molecule has 0 saturated carbocycles. The molecule has 8 heteroatoms. The molecule has 3 amide bonds. The summed E-state index contributed by atoms with van der Waals surface area (Å²) < 4.78 is 5.12. The molecule has 2 aliphatic heterocycles. The van der Waals surface area contributed by atoms with Crippen molar-refractivity contribution in [1.82, 2.24) is 10.2 Å². The molecule has 0 aliphatic carbocycles. The van der Waals surface area contributed by atoms with Crippen molar-refractivity contribution in [3.8, 4) is 0 Å². The van der Waals surface area contributed by atoms with Crippen molar-refractivity contribution >= 4 is 29.7 Å². The molecule has 23 heavy (non-hydrogen) atoms. The van der Waals surface area contributed by atoms with Gasteiger partial charge in [0.15, 0.2) is 0 Å². The molecule has 2 fully saturated rings. The van der Waals surface area contributed by atoms with Crippen LogP contribution < -0.4 is 11.1 Å². The molecule has 122 valence electrons. The summed E-state index contributed by atoms with van der Waals surface area (Å²) in [4.78, 5) is 37.1. The van der Waals surface area contributed by atoms with E-state index in [2.05, 4.69) is 5.32 Å². The Balaban J connectivity index is 1.54. The molecule has 2 heterocycles. The van der Waals surface area contributed by atoms with Crippen LogP contribution in [0.2, 0.25) is 0 Å². The van der Waals surface area contributed by atoms with E-state index in [9.17, 15) is 14.4 Å². The number of thioether (sulfide) groups is 1. The van der Waals surface area contributed by atoms with Gasteiger partial charge >= 0.3 is 6.09 Å². The zero-order chi connectivity index (χ0) is 16.4. The van der Waals surface area contributed by atoms with Crippen LogP contribution in [0.3, 0.4) is 0 Å². The number of nitrogens with two attached hydrogens (primary N) is 1. The summed E-state index contributed by atoms with van der Waals surface area (Å²) in [6.07, 6.45) is -0.192. The van der Waals surface area contributed by atoms with Crippen LogP contribution in [-0.4, -0.2) is 46.0 Å². The van der Waals surface area contributed by atoms with Crippen LogP contribution in [0.5, 0.6) is 0 Å². The Morgan fingerprint density at radius 2 is 2.09 bits per heavy atom. The third kappa shape index (κ3) is 3.26. The fraction of sp³-hybridized carbons (Fsp3) is 0.400. The Kier molecular flexibility index (Phi) is 4.42. The first-order valence-electron chi connectivity index (χ1n) is 7.26.